The zero-order chi connectivity index (χ0) is 12.5. The van der Waals surface area contributed by atoms with Crippen molar-refractivity contribution in [2.75, 3.05) is 5.73 Å². The van der Waals surface area contributed by atoms with Crippen molar-refractivity contribution in [3.8, 4) is 10.6 Å². The van der Waals surface area contributed by atoms with Crippen molar-refractivity contribution in [2.24, 2.45) is 0 Å². The second-order valence-electron chi connectivity index (χ2n) is 4.78. The highest BCUT2D eigenvalue weighted by Crippen LogP contribution is 2.36. The summed E-state index contributed by atoms with van der Waals surface area (Å²) in [6, 6.07) is 0. The van der Waals surface area contributed by atoms with Crippen molar-refractivity contribution in [1.82, 2.24) is 15.0 Å². The lowest BCUT2D eigenvalue weighted by Gasteiger charge is -2.04. The van der Waals surface area contributed by atoms with Crippen LogP contribution in [0.2, 0.25) is 0 Å². The SMILES string of the molecule is Cc1ncc(-c2nc(C3CCCC3)cs2)c(N)n1. The summed E-state index contributed by atoms with van der Waals surface area (Å²) in [5, 5.41) is 3.10. The molecule has 0 atom stereocenters. The van der Waals surface area contributed by atoms with E-state index in [1.54, 1.807) is 17.5 Å². The van der Waals surface area contributed by atoms with E-state index in [0.717, 1.165) is 10.6 Å². The zero-order valence-electron chi connectivity index (χ0n) is 10.4. The van der Waals surface area contributed by atoms with Gasteiger partial charge in [0, 0.05) is 17.5 Å². The molecular weight excluding hydrogens is 244 g/mol. The second-order valence-corrected chi connectivity index (χ2v) is 5.63. The van der Waals surface area contributed by atoms with Crippen LogP contribution >= 0.6 is 11.3 Å². The van der Waals surface area contributed by atoms with Crippen LogP contribution in [0.5, 0.6) is 0 Å². The van der Waals surface area contributed by atoms with E-state index in [-0.39, 0.29) is 0 Å². The third kappa shape index (κ3) is 2.10. The number of hydrogen-bond acceptors (Lipinski definition) is 5. The largest absolute Gasteiger partial charge is 0.383 e. The normalized spacial score (nSPS) is 16.3. The second kappa shape index (κ2) is 4.65. The van der Waals surface area contributed by atoms with E-state index < -0.39 is 0 Å². The number of nitrogen functional groups attached to an aromatic ring is 1. The van der Waals surface area contributed by atoms with E-state index in [9.17, 15) is 0 Å². The molecule has 4 nitrogen and oxygen atoms in total. The first-order valence-electron chi connectivity index (χ1n) is 6.29. The Labute approximate surface area is 110 Å². The summed E-state index contributed by atoms with van der Waals surface area (Å²) >= 11 is 1.64. The number of nitrogens with zero attached hydrogens (tertiary/aromatic N) is 3. The molecule has 1 aliphatic rings. The minimum absolute atomic E-state index is 0.523. The Balaban J connectivity index is 1.92. The van der Waals surface area contributed by atoms with Crippen molar-refractivity contribution in [1.29, 1.82) is 0 Å². The summed E-state index contributed by atoms with van der Waals surface area (Å²) in [6.45, 7) is 1.84. The Kier molecular flexibility index (Phi) is 2.99. The lowest BCUT2D eigenvalue weighted by Crippen LogP contribution is -1.98. The first-order valence-corrected chi connectivity index (χ1v) is 7.17. The van der Waals surface area contributed by atoms with Crippen LogP contribution in [0.4, 0.5) is 5.82 Å². The summed E-state index contributed by atoms with van der Waals surface area (Å²) in [4.78, 5) is 13.1. The van der Waals surface area contributed by atoms with Gasteiger partial charge in [0.05, 0.1) is 11.3 Å². The molecule has 5 heteroatoms. The number of aromatic nitrogens is 3. The van der Waals surface area contributed by atoms with Gasteiger partial charge in [-0.3, -0.25) is 0 Å². The molecule has 0 aliphatic heterocycles. The Morgan fingerprint density at radius 3 is 2.78 bits per heavy atom. The van der Waals surface area contributed by atoms with Crippen molar-refractivity contribution in [3.05, 3.63) is 23.1 Å². The maximum Gasteiger partial charge on any atom is 0.137 e. The standard InChI is InChI=1S/C13H16N4S/c1-8-15-6-10(12(14)16-8)13-17-11(7-18-13)9-4-2-3-5-9/h6-7,9H,2-5H2,1H3,(H2,14,15,16). The number of thiazole rings is 1. The first kappa shape index (κ1) is 11.6. The molecule has 2 aromatic rings. The van der Waals surface area contributed by atoms with E-state index >= 15 is 0 Å². The van der Waals surface area contributed by atoms with Crippen LogP contribution < -0.4 is 5.73 Å². The summed E-state index contributed by atoms with van der Waals surface area (Å²) in [6.07, 6.45) is 6.96. The minimum atomic E-state index is 0.523. The minimum Gasteiger partial charge on any atom is -0.383 e. The Hall–Kier alpha value is -1.49. The molecule has 1 aliphatic carbocycles. The van der Waals surface area contributed by atoms with Crippen LogP contribution in [0, 0.1) is 6.92 Å². The van der Waals surface area contributed by atoms with Gasteiger partial charge in [-0.1, -0.05) is 12.8 Å². The highest BCUT2D eigenvalue weighted by Gasteiger charge is 2.20. The van der Waals surface area contributed by atoms with Crippen LogP contribution in [0.3, 0.4) is 0 Å². The molecule has 0 bridgehead atoms. The average molecular weight is 260 g/mol. The monoisotopic (exact) mass is 260 g/mol. The van der Waals surface area contributed by atoms with Crippen LogP contribution in [0.25, 0.3) is 10.6 Å². The molecule has 2 aromatic heterocycles. The lowest BCUT2D eigenvalue weighted by atomic mass is 10.1. The number of anilines is 1. The smallest absolute Gasteiger partial charge is 0.137 e. The summed E-state index contributed by atoms with van der Waals surface area (Å²) in [5.41, 5.74) is 8.00. The molecule has 3 rings (SSSR count). The van der Waals surface area contributed by atoms with E-state index in [0.29, 0.717) is 17.6 Å². The van der Waals surface area contributed by atoms with Gasteiger partial charge in [0.25, 0.3) is 0 Å². The molecule has 0 unspecified atom stereocenters. The van der Waals surface area contributed by atoms with Crippen molar-refractivity contribution in [2.45, 2.75) is 38.5 Å². The third-order valence-electron chi connectivity index (χ3n) is 3.46. The van der Waals surface area contributed by atoms with Gasteiger partial charge in [0.1, 0.15) is 16.6 Å². The van der Waals surface area contributed by atoms with Crippen LogP contribution in [0.1, 0.15) is 43.1 Å². The number of rotatable bonds is 2. The van der Waals surface area contributed by atoms with Crippen molar-refractivity contribution in [3.63, 3.8) is 0 Å². The average Bonchev–Trinajstić information content (AvgIpc) is 2.99. The highest BCUT2D eigenvalue weighted by atomic mass is 32.1. The maximum absolute atomic E-state index is 5.93. The number of hydrogen-bond donors (Lipinski definition) is 1. The van der Waals surface area contributed by atoms with Gasteiger partial charge in [-0.25, -0.2) is 15.0 Å². The highest BCUT2D eigenvalue weighted by molar-refractivity contribution is 7.13. The molecule has 0 saturated heterocycles. The fourth-order valence-corrected chi connectivity index (χ4v) is 3.39. The van der Waals surface area contributed by atoms with Gasteiger partial charge in [-0.2, -0.15) is 0 Å². The van der Waals surface area contributed by atoms with Crippen molar-refractivity contribution >= 4 is 17.2 Å². The molecule has 2 heterocycles. The van der Waals surface area contributed by atoms with E-state index in [1.165, 1.54) is 31.4 Å². The lowest BCUT2D eigenvalue weighted by molar-refractivity contribution is 0.703. The topological polar surface area (TPSA) is 64.7 Å². The van der Waals surface area contributed by atoms with E-state index in [1.807, 2.05) is 6.92 Å². The zero-order valence-corrected chi connectivity index (χ0v) is 11.2. The molecular formula is C13H16N4S. The van der Waals surface area contributed by atoms with E-state index in [2.05, 4.69) is 15.3 Å². The molecule has 1 saturated carbocycles. The molecule has 1 fully saturated rings. The van der Waals surface area contributed by atoms with Crippen LogP contribution in [-0.2, 0) is 0 Å². The van der Waals surface area contributed by atoms with Gasteiger partial charge in [-0.15, -0.1) is 11.3 Å². The summed E-state index contributed by atoms with van der Waals surface area (Å²) < 4.78 is 0. The van der Waals surface area contributed by atoms with Crippen LogP contribution in [-0.4, -0.2) is 15.0 Å². The molecule has 0 aromatic carbocycles. The third-order valence-corrected chi connectivity index (χ3v) is 4.36. The predicted molar refractivity (Wildman–Crippen MR) is 73.5 cm³/mol. The molecule has 0 amide bonds. The molecule has 0 spiro atoms. The van der Waals surface area contributed by atoms with Crippen LogP contribution in [0.15, 0.2) is 11.6 Å². The van der Waals surface area contributed by atoms with Gasteiger partial charge in [0.15, 0.2) is 0 Å². The quantitative estimate of drug-likeness (QED) is 0.900. The van der Waals surface area contributed by atoms with Gasteiger partial charge in [-0.05, 0) is 19.8 Å². The molecule has 18 heavy (non-hydrogen) atoms. The number of aryl methyl sites for hydroxylation is 1. The Morgan fingerprint density at radius 2 is 2.06 bits per heavy atom. The van der Waals surface area contributed by atoms with Gasteiger partial charge in [0.2, 0.25) is 0 Å². The summed E-state index contributed by atoms with van der Waals surface area (Å²) in [5.74, 6) is 1.86. The Morgan fingerprint density at radius 1 is 1.28 bits per heavy atom. The predicted octanol–water partition coefficient (Wildman–Crippen LogP) is 3.15. The molecule has 94 valence electrons. The number of nitrogens with two attached hydrogens (primary N) is 1. The molecule has 2 N–H and O–H groups in total. The fraction of sp³-hybridized carbons (Fsp3) is 0.462. The van der Waals surface area contributed by atoms with Gasteiger partial charge < -0.3 is 5.73 Å². The van der Waals surface area contributed by atoms with Gasteiger partial charge >= 0.3 is 0 Å². The Bertz CT molecular complexity index is 558. The fourth-order valence-electron chi connectivity index (χ4n) is 2.47. The molecule has 0 radical (unpaired) electrons. The van der Waals surface area contributed by atoms with E-state index in [4.69, 9.17) is 10.7 Å². The first-order chi connectivity index (χ1) is 8.74. The maximum atomic E-state index is 5.93. The van der Waals surface area contributed by atoms with Crippen molar-refractivity contribution < 1.29 is 0 Å². The summed E-state index contributed by atoms with van der Waals surface area (Å²) in [7, 11) is 0.